The summed E-state index contributed by atoms with van der Waals surface area (Å²) in [7, 11) is 1.43. The van der Waals surface area contributed by atoms with E-state index in [1.807, 2.05) is 24.3 Å². The average molecular weight is 271 g/mol. The van der Waals surface area contributed by atoms with E-state index >= 15 is 0 Å². The number of rotatable bonds is 3. The Bertz CT molecular complexity index is 647. The van der Waals surface area contributed by atoms with Gasteiger partial charge in [-0.1, -0.05) is 24.3 Å². The highest BCUT2D eigenvalue weighted by Crippen LogP contribution is 2.26. The van der Waals surface area contributed by atoms with Crippen LogP contribution in [0.15, 0.2) is 36.4 Å². The molecule has 1 N–H and O–H groups in total. The SMILES string of the molecule is COC(=O)C1CN(Cc2ccc3c(O)cccc3c2)C1. The summed E-state index contributed by atoms with van der Waals surface area (Å²) in [5, 5.41) is 11.7. The van der Waals surface area contributed by atoms with Crippen molar-refractivity contribution in [1.82, 2.24) is 4.90 Å². The Hall–Kier alpha value is -2.07. The maximum Gasteiger partial charge on any atom is 0.311 e. The molecule has 1 saturated heterocycles. The number of aromatic hydroxyl groups is 1. The predicted molar refractivity (Wildman–Crippen MR) is 76.4 cm³/mol. The number of carbonyl (C=O) groups is 1. The number of phenols is 1. The number of carbonyl (C=O) groups excluding carboxylic acids is 1. The minimum atomic E-state index is -0.121. The van der Waals surface area contributed by atoms with E-state index in [1.165, 1.54) is 12.7 Å². The number of nitrogens with zero attached hydrogens (tertiary/aromatic N) is 1. The molecule has 104 valence electrons. The fraction of sp³-hybridized carbons (Fsp3) is 0.312. The normalized spacial score (nSPS) is 16.1. The Morgan fingerprint density at radius 3 is 2.90 bits per heavy atom. The second kappa shape index (κ2) is 5.13. The van der Waals surface area contributed by atoms with E-state index in [-0.39, 0.29) is 11.9 Å². The summed E-state index contributed by atoms with van der Waals surface area (Å²) < 4.78 is 4.73. The summed E-state index contributed by atoms with van der Waals surface area (Å²) in [4.78, 5) is 13.5. The molecule has 0 unspecified atom stereocenters. The molecule has 0 amide bonds. The third-order valence-electron chi connectivity index (χ3n) is 3.82. The zero-order valence-corrected chi connectivity index (χ0v) is 11.4. The van der Waals surface area contributed by atoms with Crippen LogP contribution in [0.2, 0.25) is 0 Å². The molecule has 20 heavy (non-hydrogen) atoms. The average Bonchev–Trinajstić information content (AvgIpc) is 2.42. The number of hydrogen-bond acceptors (Lipinski definition) is 4. The molecule has 0 saturated carbocycles. The quantitative estimate of drug-likeness (QED) is 0.869. The summed E-state index contributed by atoms with van der Waals surface area (Å²) in [6, 6.07) is 11.6. The summed E-state index contributed by atoms with van der Waals surface area (Å²) in [5.74, 6) is 0.206. The lowest BCUT2D eigenvalue weighted by Crippen LogP contribution is -2.49. The van der Waals surface area contributed by atoms with Gasteiger partial charge in [0, 0.05) is 25.0 Å². The van der Waals surface area contributed by atoms with Crippen molar-refractivity contribution < 1.29 is 14.6 Å². The van der Waals surface area contributed by atoms with E-state index in [2.05, 4.69) is 11.0 Å². The third-order valence-corrected chi connectivity index (χ3v) is 3.82. The molecule has 1 aliphatic heterocycles. The molecule has 0 bridgehead atoms. The number of fused-ring (bicyclic) bond motifs is 1. The topological polar surface area (TPSA) is 49.8 Å². The molecule has 1 aliphatic rings. The molecular weight excluding hydrogens is 254 g/mol. The summed E-state index contributed by atoms with van der Waals surface area (Å²) in [6.07, 6.45) is 0. The van der Waals surface area contributed by atoms with Crippen molar-refractivity contribution in [1.29, 1.82) is 0 Å². The van der Waals surface area contributed by atoms with Crippen molar-refractivity contribution in [3.63, 3.8) is 0 Å². The van der Waals surface area contributed by atoms with Crippen LogP contribution < -0.4 is 0 Å². The largest absolute Gasteiger partial charge is 0.507 e. The summed E-state index contributed by atoms with van der Waals surface area (Å²) in [5.41, 5.74) is 1.19. The highest BCUT2D eigenvalue weighted by Gasteiger charge is 2.33. The molecule has 1 heterocycles. The number of benzene rings is 2. The van der Waals surface area contributed by atoms with E-state index < -0.39 is 0 Å². The fourth-order valence-corrected chi connectivity index (χ4v) is 2.69. The van der Waals surface area contributed by atoms with Gasteiger partial charge in [0.25, 0.3) is 0 Å². The molecule has 2 aromatic carbocycles. The van der Waals surface area contributed by atoms with Gasteiger partial charge in [-0.3, -0.25) is 9.69 Å². The van der Waals surface area contributed by atoms with Crippen LogP contribution in [0.5, 0.6) is 5.75 Å². The Kier molecular flexibility index (Phi) is 3.32. The first kappa shape index (κ1) is 12.9. The van der Waals surface area contributed by atoms with Gasteiger partial charge in [0.1, 0.15) is 5.75 Å². The van der Waals surface area contributed by atoms with Crippen molar-refractivity contribution in [3.8, 4) is 5.75 Å². The van der Waals surface area contributed by atoms with Gasteiger partial charge in [0.05, 0.1) is 13.0 Å². The minimum absolute atomic E-state index is 0.0181. The summed E-state index contributed by atoms with van der Waals surface area (Å²) in [6.45, 7) is 2.33. The standard InChI is InChI=1S/C16H17NO3/c1-20-16(19)13-9-17(10-13)8-11-5-6-14-12(7-11)3-2-4-15(14)18/h2-7,13,18H,8-10H2,1H3. The first-order valence-electron chi connectivity index (χ1n) is 6.68. The van der Waals surface area contributed by atoms with Crippen molar-refractivity contribution in [3.05, 3.63) is 42.0 Å². The van der Waals surface area contributed by atoms with E-state index in [4.69, 9.17) is 4.74 Å². The first-order valence-corrected chi connectivity index (χ1v) is 6.68. The van der Waals surface area contributed by atoms with E-state index in [0.717, 1.165) is 30.4 Å². The molecule has 0 atom stereocenters. The molecule has 4 heteroatoms. The van der Waals surface area contributed by atoms with Gasteiger partial charge >= 0.3 is 5.97 Å². The van der Waals surface area contributed by atoms with Crippen molar-refractivity contribution >= 4 is 16.7 Å². The number of likely N-dealkylation sites (tertiary alicyclic amines) is 1. The van der Waals surface area contributed by atoms with Crippen molar-refractivity contribution in [2.75, 3.05) is 20.2 Å². The molecule has 1 fully saturated rings. The van der Waals surface area contributed by atoms with Crippen LogP contribution >= 0.6 is 0 Å². The van der Waals surface area contributed by atoms with Gasteiger partial charge in [0.15, 0.2) is 0 Å². The van der Waals surface area contributed by atoms with Gasteiger partial charge in [-0.25, -0.2) is 0 Å². The monoisotopic (exact) mass is 271 g/mol. The van der Waals surface area contributed by atoms with Crippen LogP contribution in [0, 0.1) is 5.92 Å². The lowest BCUT2D eigenvalue weighted by Gasteiger charge is -2.37. The zero-order valence-electron chi connectivity index (χ0n) is 11.4. The Labute approximate surface area is 117 Å². The van der Waals surface area contributed by atoms with Crippen molar-refractivity contribution in [2.24, 2.45) is 5.92 Å². The van der Waals surface area contributed by atoms with Crippen LogP contribution in [0.3, 0.4) is 0 Å². The lowest BCUT2D eigenvalue weighted by molar-refractivity contribution is -0.151. The molecule has 2 aromatic rings. The smallest absolute Gasteiger partial charge is 0.311 e. The number of esters is 1. The van der Waals surface area contributed by atoms with Crippen LogP contribution in [0.1, 0.15) is 5.56 Å². The van der Waals surface area contributed by atoms with E-state index in [9.17, 15) is 9.90 Å². The van der Waals surface area contributed by atoms with Gasteiger partial charge in [-0.15, -0.1) is 0 Å². The molecule has 3 rings (SSSR count). The second-order valence-corrected chi connectivity index (χ2v) is 5.25. The number of ether oxygens (including phenoxy) is 1. The number of methoxy groups -OCH3 is 1. The van der Waals surface area contributed by atoms with Crippen LogP contribution in [-0.4, -0.2) is 36.2 Å². The van der Waals surface area contributed by atoms with Gasteiger partial charge in [-0.05, 0) is 23.1 Å². The number of hydrogen-bond donors (Lipinski definition) is 1. The molecule has 0 spiro atoms. The molecule has 4 nitrogen and oxygen atoms in total. The molecular formula is C16H17NO3. The third kappa shape index (κ3) is 2.34. The maximum atomic E-state index is 11.3. The summed E-state index contributed by atoms with van der Waals surface area (Å²) >= 11 is 0. The Morgan fingerprint density at radius 1 is 1.35 bits per heavy atom. The van der Waals surface area contributed by atoms with Crippen LogP contribution in [0.25, 0.3) is 10.8 Å². The van der Waals surface area contributed by atoms with Crippen LogP contribution in [0.4, 0.5) is 0 Å². The molecule has 0 aliphatic carbocycles. The Morgan fingerprint density at radius 2 is 2.15 bits per heavy atom. The maximum absolute atomic E-state index is 11.3. The highest BCUT2D eigenvalue weighted by molar-refractivity contribution is 5.88. The highest BCUT2D eigenvalue weighted by atomic mass is 16.5. The van der Waals surface area contributed by atoms with E-state index in [1.54, 1.807) is 6.07 Å². The van der Waals surface area contributed by atoms with Gasteiger partial charge in [0.2, 0.25) is 0 Å². The second-order valence-electron chi connectivity index (χ2n) is 5.25. The molecule has 0 aromatic heterocycles. The lowest BCUT2D eigenvalue weighted by atomic mass is 9.98. The minimum Gasteiger partial charge on any atom is -0.507 e. The van der Waals surface area contributed by atoms with Gasteiger partial charge < -0.3 is 9.84 Å². The van der Waals surface area contributed by atoms with Crippen LogP contribution in [-0.2, 0) is 16.1 Å². The molecule has 0 radical (unpaired) electrons. The Balaban J connectivity index is 1.69. The fourth-order valence-electron chi connectivity index (χ4n) is 2.69. The first-order chi connectivity index (χ1) is 9.67. The zero-order chi connectivity index (χ0) is 14.1. The number of phenolic OH excluding ortho intramolecular Hbond substituents is 1. The van der Waals surface area contributed by atoms with E-state index in [0.29, 0.717) is 5.75 Å². The van der Waals surface area contributed by atoms with Gasteiger partial charge in [-0.2, -0.15) is 0 Å². The van der Waals surface area contributed by atoms with Crippen molar-refractivity contribution in [2.45, 2.75) is 6.54 Å². The predicted octanol–water partition coefficient (Wildman–Crippen LogP) is 2.15.